The molecule has 0 bridgehead atoms. The molecule has 0 aliphatic rings. The number of hydrogen-bond donors (Lipinski definition) is 0. The summed E-state index contributed by atoms with van der Waals surface area (Å²) < 4.78 is 1.49. The molecular weight excluding hydrogens is 240 g/mol. The van der Waals surface area contributed by atoms with Gasteiger partial charge in [0, 0.05) is 0 Å². The number of rotatable bonds is 1. The van der Waals surface area contributed by atoms with Gasteiger partial charge in [-0.2, -0.15) is 0 Å². The van der Waals surface area contributed by atoms with Crippen molar-refractivity contribution in [2.24, 2.45) is 0 Å². The van der Waals surface area contributed by atoms with E-state index in [0.29, 0.717) is 0 Å². The topological polar surface area (TPSA) is 0 Å². The first-order valence-electron chi connectivity index (χ1n) is 1.62. The van der Waals surface area contributed by atoms with Crippen molar-refractivity contribution in [1.29, 1.82) is 0 Å². The van der Waals surface area contributed by atoms with E-state index in [-0.39, 0.29) is 0 Å². The van der Waals surface area contributed by atoms with Crippen molar-refractivity contribution >= 4 is 25.8 Å². The van der Waals surface area contributed by atoms with Gasteiger partial charge in [-0.25, -0.2) is 0 Å². The van der Waals surface area contributed by atoms with Crippen LogP contribution in [-0.4, -0.2) is 25.8 Å². The zero-order valence-electron chi connectivity index (χ0n) is 2.99. The molecule has 0 saturated heterocycles. The Labute approximate surface area is 43.3 Å². The maximum absolute atomic E-state index is 2.22. The summed E-state index contributed by atoms with van der Waals surface area (Å²) in [5.74, 6) is 0. The summed E-state index contributed by atoms with van der Waals surface area (Å²) in [6.07, 6.45) is 1.39. The summed E-state index contributed by atoms with van der Waals surface area (Å²) in [4.78, 5) is 0. The van der Waals surface area contributed by atoms with Gasteiger partial charge in [-0.1, -0.05) is 0 Å². The van der Waals surface area contributed by atoms with Crippen molar-refractivity contribution in [1.82, 2.24) is 0 Å². The van der Waals surface area contributed by atoms with E-state index in [4.69, 9.17) is 0 Å². The van der Waals surface area contributed by atoms with Crippen LogP contribution in [0.1, 0.15) is 13.3 Å². The fraction of sp³-hybridized carbons (Fsp3) is 1.00. The van der Waals surface area contributed by atoms with E-state index >= 15 is 0 Å². The summed E-state index contributed by atoms with van der Waals surface area (Å²) in [5.41, 5.74) is 0. The molecule has 0 amide bonds. The van der Waals surface area contributed by atoms with Gasteiger partial charge in [0.25, 0.3) is 0 Å². The molecule has 0 radical (unpaired) electrons. The predicted molar refractivity (Wildman–Crippen MR) is 20.9 cm³/mol. The zero-order chi connectivity index (χ0) is 3.41. The van der Waals surface area contributed by atoms with Crippen molar-refractivity contribution in [2.75, 3.05) is 0 Å². The van der Waals surface area contributed by atoms with Crippen LogP contribution in [0.15, 0.2) is 0 Å². The van der Waals surface area contributed by atoms with Crippen molar-refractivity contribution in [3.8, 4) is 0 Å². The molecule has 0 heterocycles. The first kappa shape index (κ1) is 4.92. The molecule has 0 saturated carbocycles. The molecule has 0 aliphatic heterocycles. The predicted octanol–water partition coefficient (Wildman–Crippen LogP) is 0.983. The van der Waals surface area contributed by atoms with Crippen LogP contribution in [0.25, 0.3) is 0 Å². The van der Waals surface area contributed by atoms with E-state index in [0.717, 1.165) is 0 Å². The van der Waals surface area contributed by atoms with Crippen molar-refractivity contribution in [3.63, 3.8) is 0 Å². The van der Waals surface area contributed by atoms with Crippen LogP contribution in [-0.2, 0) is 0 Å². The standard InChI is InChI=1S/C3H7.Tl/c1-3-2;/h1,3H2,2H3;. The van der Waals surface area contributed by atoms with E-state index < -0.39 is 0 Å². The molecule has 0 fully saturated rings. The Morgan fingerprint density at radius 2 is 2.00 bits per heavy atom. The fourth-order valence-electron chi connectivity index (χ4n) is 0. The Hall–Kier alpha value is 0.922. The Morgan fingerprint density at radius 3 is 2.00 bits per heavy atom. The third-order valence-electron chi connectivity index (χ3n) is 0.289. The molecule has 0 nitrogen and oxygen atoms in total. The minimum atomic E-state index is 1.23. The molecule has 0 unspecified atom stereocenters. The molecule has 0 spiro atoms. The molecular formula is C3H7Tl. The minimum absolute atomic E-state index is 1.23. The van der Waals surface area contributed by atoms with Gasteiger partial charge in [0.1, 0.15) is 0 Å². The second-order valence-electron chi connectivity index (χ2n) is 0.789. The Morgan fingerprint density at radius 1 is 1.75 bits per heavy atom. The van der Waals surface area contributed by atoms with Gasteiger partial charge < -0.3 is 0 Å². The molecule has 0 aromatic rings. The third-order valence-corrected chi connectivity index (χ3v) is 2.53. The molecule has 0 aromatic carbocycles. The van der Waals surface area contributed by atoms with E-state index in [9.17, 15) is 0 Å². The van der Waals surface area contributed by atoms with E-state index in [2.05, 4.69) is 6.92 Å². The quantitative estimate of drug-likeness (QED) is 0.606. The van der Waals surface area contributed by atoms with Gasteiger partial charge in [-0.3, -0.25) is 0 Å². The van der Waals surface area contributed by atoms with E-state index in [1.807, 2.05) is 0 Å². The van der Waals surface area contributed by atoms with Gasteiger partial charge in [0.2, 0.25) is 0 Å². The fourth-order valence-corrected chi connectivity index (χ4v) is 0. The summed E-state index contributed by atoms with van der Waals surface area (Å²) in [6, 6.07) is 0. The van der Waals surface area contributed by atoms with Gasteiger partial charge >= 0.3 is 43.1 Å². The van der Waals surface area contributed by atoms with Crippen LogP contribution >= 0.6 is 0 Å². The molecule has 0 rings (SSSR count). The summed E-state index contributed by atoms with van der Waals surface area (Å²) in [6.45, 7) is 2.22. The SMILES string of the molecule is CC[CH2][Tl]. The summed E-state index contributed by atoms with van der Waals surface area (Å²) in [7, 11) is 0. The second kappa shape index (κ2) is 3.92. The summed E-state index contributed by atoms with van der Waals surface area (Å²) in [5, 5.41) is 0. The Kier molecular flexibility index (Phi) is 4.83. The monoisotopic (exact) mass is 248 g/mol. The van der Waals surface area contributed by atoms with Crippen LogP contribution in [0, 0.1) is 0 Å². The maximum atomic E-state index is 2.22. The molecule has 4 heavy (non-hydrogen) atoms. The van der Waals surface area contributed by atoms with Gasteiger partial charge in [-0.05, 0) is 0 Å². The summed E-state index contributed by atoms with van der Waals surface area (Å²) >= 11 is 1.23. The van der Waals surface area contributed by atoms with E-state index in [1.165, 1.54) is 36.2 Å². The Balaban J connectivity index is 1.97. The molecule has 0 aromatic heterocycles. The normalized spacial score (nSPS) is 7.00. The van der Waals surface area contributed by atoms with Crippen molar-refractivity contribution in [2.45, 2.75) is 17.3 Å². The second-order valence-corrected chi connectivity index (χ2v) is 3.03. The van der Waals surface area contributed by atoms with Crippen LogP contribution < -0.4 is 0 Å². The van der Waals surface area contributed by atoms with Crippen molar-refractivity contribution in [3.05, 3.63) is 0 Å². The van der Waals surface area contributed by atoms with Gasteiger partial charge in [0.15, 0.2) is 0 Å². The first-order chi connectivity index (χ1) is 1.91. The Bertz CT molecular complexity index is 5.25. The van der Waals surface area contributed by atoms with Gasteiger partial charge in [-0.15, -0.1) is 0 Å². The number of hydrogen-bond acceptors (Lipinski definition) is 0. The van der Waals surface area contributed by atoms with Crippen LogP contribution in [0.3, 0.4) is 0 Å². The molecule has 0 atom stereocenters. The molecule has 1 heteroatoms. The third kappa shape index (κ3) is 2.92. The average Bonchev–Trinajstić information content (AvgIpc) is 1.37. The van der Waals surface area contributed by atoms with Gasteiger partial charge in [0.05, 0.1) is 0 Å². The first-order valence-corrected chi connectivity index (χ1v) is 4.79. The van der Waals surface area contributed by atoms with Crippen LogP contribution in [0.5, 0.6) is 0 Å². The average molecular weight is 247 g/mol. The van der Waals surface area contributed by atoms with Crippen LogP contribution in [0.4, 0.5) is 0 Å². The van der Waals surface area contributed by atoms with Crippen molar-refractivity contribution < 1.29 is 0 Å². The zero-order valence-corrected chi connectivity index (χ0v) is 7.48. The molecule has 0 N–H and O–H groups in total. The molecule has 0 aliphatic carbocycles. The van der Waals surface area contributed by atoms with Crippen LogP contribution in [0.2, 0.25) is 3.98 Å². The molecule has 22 valence electrons. The van der Waals surface area contributed by atoms with E-state index in [1.54, 1.807) is 0 Å².